The largest absolute Gasteiger partial charge is 0.309 e. The Morgan fingerprint density at radius 2 is 1.08 bits per heavy atom. The van der Waals surface area contributed by atoms with Crippen LogP contribution in [-0.2, 0) is 5.41 Å². The molecule has 12 aromatic rings. The fourth-order valence-corrected chi connectivity index (χ4v) is 10.4. The lowest BCUT2D eigenvalue weighted by atomic mass is 9.82. The van der Waals surface area contributed by atoms with Gasteiger partial charge in [0.25, 0.3) is 0 Å². The summed E-state index contributed by atoms with van der Waals surface area (Å²) in [6, 6.07) is 66.3. The maximum Gasteiger partial charge on any atom is 0.235 e. The van der Waals surface area contributed by atoms with Gasteiger partial charge in [-0.2, -0.15) is 0 Å². The summed E-state index contributed by atoms with van der Waals surface area (Å²) >= 11 is 0. The molecule has 1 aliphatic rings. The van der Waals surface area contributed by atoms with Crippen molar-refractivity contribution in [2.45, 2.75) is 19.3 Å². The second-order valence-corrected chi connectivity index (χ2v) is 16.6. The van der Waals surface area contributed by atoms with Crippen LogP contribution in [0.3, 0.4) is 0 Å². The van der Waals surface area contributed by atoms with Crippen LogP contribution in [0.25, 0.3) is 110 Å². The van der Waals surface area contributed by atoms with E-state index in [1.54, 1.807) is 0 Å². The molecule has 0 N–H and O–H groups in total. The fourth-order valence-electron chi connectivity index (χ4n) is 10.4. The molecule has 13 rings (SSSR count). The second kappa shape index (κ2) is 11.7. The third-order valence-corrected chi connectivity index (χ3v) is 13.1. The molecule has 0 bridgehead atoms. The fraction of sp³-hybridized carbons (Fsp3) is 0.0545. The van der Waals surface area contributed by atoms with Crippen molar-refractivity contribution in [1.82, 2.24) is 19.1 Å². The van der Waals surface area contributed by atoms with Gasteiger partial charge < -0.3 is 4.57 Å². The number of aromatic nitrogens is 4. The molecule has 4 nitrogen and oxygen atoms in total. The van der Waals surface area contributed by atoms with Crippen LogP contribution in [0, 0.1) is 0 Å². The summed E-state index contributed by atoms with van der Waals surface area (Å²) < 4.78 is 4.77. The zero-order chi connectivity index (χ0) is 39.0. The van der Waals surface area contributed by atoms with E-state index in [0.29, 0.717) is 5.95 Å². The van der Waals surface area contributed by atoms with E-state index in [4.69, 9.17) is 9.97 Å². The Morgan fingerprint density at radius 1 is 0.407 bits per heavy atom. The molecule has 0 atom stereocenters. The summed E-state index contributed by atoms with van der Waals surface area (Å²) in [5, 5.41) is 10.8. The van der Waals surface area contributed by atoms with Crippen molar-refractivity contribution in [3.8, 4) is 34.0 Å². The summed E-state index contributed by atoms with van der Waals surface area (Å²) in [5.74, 6) is 0.655. The van der Waals surface area contributed by atoms with Crippen molar-refractivity contribution in [3.05, 3.63) is 193 Å². The first-order chi connectivity index (χ1) is 29.0. The number of para-hydroxylation sites is 2. The van der Waals surface area contributed by atoms with Gasteiger partial charge in [0, 0.05) is 37.9 Å². The molecule has 4 heteroatoms. The highest BCUT2D eigenvalue weighted by molar-refractivity contribution is 6.23. The molecule has 0 saturated heterocycles. The lowest BCUT2D eigenvalue weighted by Crippen LogP contribution is -2.15. The van der Waals surface area contributed by atoms with Gasteiger partial charge in [-0.25, -0.2) is 9.97 Å². The minimum absolute atomic E-state index is 0.128. The Balaban J connectivity index is 1.12. The van der Waals surface area contributed by atoms with Crippen LogP contribution in [0.1, 0.15) is 25.0 Å². The topological polar surface area (TPSA) is 35.6 Å². The summed E-state index contributed by atoms with van der Waals surface area (Å²) in [4.78, 5) is 11.0. The van der Waals surface area contributed by atoms with E-state index in [-0.39, 0.29) is 5.41 Å². The summed E-state index contributed by atoms with van der Waals surface area (Å²) in [6.45, 7) is 4.68. The van der Waals surface area contributed by atoms with E-state index in [0.717, 1.165) is 44.3 Å². The highest BCUT2D eigenvalue weighted by Gasteiger charge is 2.35. The zero-order valence-electron chi connectivity index (χ0n) is 32.6. The van der Waals surface area contributed by atoms with E-state index >= 15 is 0 Å². The predicted molar refractivity (Wildman–Crippen MR) is 246 cm³/mol. The van der Waals surface area contributed by atoms with Gasteiger partial charge in [-0.3, -0.25) is 4.57 Å². The first kappa shape index (κ1) is 32.5. The van der Waals surface area contributed by atoms with Gasteiger partial charge in [0.15, 0.2) is 0 Å². The van der Waals surface area contributed by atoms with Crippen LogP contribution < -0.4 is 0 Å². The quantitative estimate of drug-likeness (QED) is 0.180. The van der Waals surface area contributed by atoms with Gasteiger partial charge in [-0.1, -0.05) is 147 Å². The van der Waals surface area contributed by atoms with Gasteiger partial charge >= 0.3 is 0 Å². The first-order valence-electron chi connectivity index (χ1n) is 20.4. The number of hydrogen-bond acceptors (Lipinski definition) is 2. The van der Waals surface area contributed by atoms with Gasteiger partial charge in [0.1, 0.15) is 0 Å². The molecule has 0 aliphatic heterocycles. The molecule has 3 heterocycles. The molecule has 0 radical (unpaired) electrons. The maximum absolute atomic E-state index is 5.59. The average molecular weight is 753 g/mol. The third-order valence-electron chi connectivity index (χ3n) is 13.1. The number of fused-ring (bicyclic) bond motifs is 13. The van der Waals surface area contributed by atoms with E-state index in [9.17, 15) is 0 Å². The molecule has 9 aromatic carbocycles. The van der Waals surface area contributed by atoms with E-state index in [2.05, 4.69) is 205 Å². The number of nitrogens with zero attached hydrogens (tertiary/aromatic N) is 4. The molecular weight excluding hydrogens is 717 g/mol. The van der Waals surface area contributed by atoms with Crippen LogP contribution >= 0.6 is 0 Å². The lowest BCUT2D eigenvalue weighted by Gasteiger charge is -2.22. The average Bonchev–Trinajstić information content (AvgIpc) is 3.88. The van der Waals surface area contributed by atoms with Crippen LogP contribution in [0.2, 0.25) is 0 Å². The number of benzene rings is 9. The monoisotopic (exact) mass is 752 g/mol. The molecule has 0 fully saturated rings. The van der Waals surface area contributed by atoms with Gasteiger partial charge in [0.05, 0.1) is 39.0 Å². The number of rotatable bonds is 3. The zero-order valence-corrected chi connectivity index (χ0v) is 32.6. The Morgan fingerprint density at radius 3 is 1.97 bits per heavy atom. The van der Waals surface area contributed by atoms with Crippen LogP contribution in [-0.4, -0.2) is 19.1 Å². The molecule has 59 heavy (non-hydrogen) atoms. The predicted octanol–water partition coefficient (Wildman–Crippen LogP) is 14.1. The normalized spacial score (nSPS) is 13.4. The van der Waals surface area contributed by atoms with Crippen molar-refractivity contribution in [1.29, 1.82) is 0 Å². The Hall–Kier alpha value is -7.56. The molecule has 276 valence electrons. The van der Waals surface area contributed by atoms with Gasteiger partial charge in [-0.15, -0.1) is 0 Å². The van der Waals surface area contributed by atoms with Crippen LogP contribution in [0.5, 0.6) is 0 Å². The SMILES string of the molecule is CC1(C)c2ccccc2-c2ccc(-c3nc(-n4c5cc6ccccc6cc5c5c(-n6c7ccccc7c7c8ccccc8ccc76)cccc54)nc4ccccc34)cc21. The highest BCUT2D eigenvalue weighted by Crippen LogP contribution is 2.50. The first-order valence-corrected chi connectivity index (χ1v) is 20.4. The Kier molecular flexibility index (Phi) is 6.48. The van der Waals surface area contributed by atoms with E-state index < -0.39 is 0 Å². The van der Waals surface area contributed by atoms with Crippen molar-refractivity contribution in [2.75, 3.05) is 0 Å². The van der Waals surface area contributed by atoms with Crippen molar-refractivity contribution < 1.29 is 0 Å². The molecule has 1 aliphatic carbocycles. The van der Waals surface area contributed by atoms with Crippen molar-refractivity contribution >= 4 is 76.1 Å². The van der Waals surface area contributed by atoms with Crippen molar-refractivity contribution in [3.63, 3.8) is 0 Å². The molecule has 0 spiro atoms. The molecule has 0 saturated carbocycles. The molecule has 3 aromatic heterocycles. The van der Waals surface area contributed by atoms with Gasteiger partial charge in [0.2, 0.25) is 5.95 Å². The Labute approximate surface area is 340 Å². The van der Waals surface area contributed by atoms with Crippen LogP contribution in [0.4, 0.5) is 0 Å². The summed E-state index contributed by atoms with van der Waals surface area (Å²) in [7, 11) is 0. The summed E-state index contributed by atoms with van der Waals surface area (Å²) in [6.07, 6.45) is 0. The molecular formula is C55H36N4. The molecule has 0 amide bonds. The minimum atomic E-state index is -0.128. The minimum Gasteiger partial charge on any atom is -0.309 e. The van der Waals surface area contributed by atoms with Gasteiger partial charge in [-0.05, 0) is 92.3 Å². The van der Waals surface area contributed by atoms with Crippen LogP contribution in [0.15, 0.2) is 182 Å². The highest BCUT2D eigenvalue weighted by atomic mass is 15.2. The lowest BCUT2D eigenvalue weighted by molar-refractivity contribution is 0.660. The third kappa shape index (κ3) is 4.43. The Bertz CT molecular complexity index is 3770. The maximum atomic E-state index is 5.59. The van der Waals surface area contributed by atoms with E-state index in [1.165, 1.54) is 71.0 Å². The van der Waals surface area contributed by atoms with E-state index in [1.807, 2.05) is 0 Å². The number of hydrogen-bond donors (Lipinski definition) is 0. The van der Waals surface area contributed by atoms with Crippen molar-refractivity contribution in [2.24, 2.45) is 0 Å². The summed E-state index contributed by atoms with van der Waals surface area (Å²) in [5.41, 5.74) is 13.7. The standard InChI is InChI=1S/C55H36N4/c1-55(2)43-21-10-7-18-38(43)39-28-26-36(31-44(39)55)53-40-19-8-11-22-45(40)56-54(57-53)59-48-25-13-24-47(52(48)42-30-34-15-3-4-16-35(34)32-50(42)59)58-46-23-12-9-20-41(46)51-37-17-6-5-14-33(37)27-29-49(51)58/h3-32H,1-2H3. The smallest absolute Gasteiger partial charge is 0.235 e. The molecule has 0 unspecified atom stereocenters. The second-order valence-electron chi connectivity index (χ2n) is 16.6.